The summed E-state index contributed by atoms with van der Waals surface area (Å²) in [6.45, 7) is 0.568. The van der Waals surface area contributed by atoms with Gasteiger partial charge in [-0.1, -0.05) is 12.1 Å². The van der Waals surface area contributed by atoms with Crippen molar-refractivity contribution in [3.63, 3.8) is 0 Å². The summed E-state index contributed by atoms with van der Waals surface area (Å²) in [6, 6.07) is 9.62. The molecule has 0 saturated carbocycles. The number of amides is 1. The maximum atomic E-state index is 13.7. The Morgan fingerprint density at radius 1 is 1.17 bits per heavy atom. The summed E-state index contributed by atoms with van der Waals surface area (Å²) < 4.78 is 58.1. The number of benzene rings is 2. The van der Waals surface area contributed by atoms with Gasteiger partial charge < -0.3 is 20.2 Å². The number of hydrogen-bond acceptors (Lipinski definition) is 7. The fraction of sp³-hybridized carbons (Fsp3) is 0.304. The van der Waals surface area contributed by atoms with E-state index in [0.29, 0.717) is 6.54 Å². The summed E-state index contributed by atoms with van der Waals surface area (Å²) >= 11 is 2.20. The first-order chi connectivity index (χ1) is 17.0. The van der Waals surface area contributed by atoms with Crippen LogP contribution in [-0.2, 0) is 34.2 Å². The number of carbonyl (C=O) groups is 1. The number of aromatic nitrogens is 1. The zero-order valence-corrected chi connectivity index (χ0v) is 22.1. The molecule has 0 aliphatic heterocycles. The van der Waals surface area contributed by atoms with Gasteiger partial charge in [0.2, 0.25) is 15.9 Å². The molecule has 3 aromatic rings. The highest BCUT2D eigenvalue weighted by atomic mass is 127. The van der Waals surface area contributed by atoms with Crippen LogP contribution in [0.5, 0.6) is 0 Å². The highest BCUT2D eigenvalue weighted by Crippen LogP contribution is 2.14. The van der Waals surface area contributed by atoms with Crippen molar-refractivity contribution in [3.8, 4) is 0 Å². The largest absolute Gasteiger partial charge is 0.431 e. The quantitative estimate of drug-likeness (QED) is 0.225. The van der Waals surface area contributed by atoms with Crippen LogP contribution in [0, 0.1) is 15.2 Å². The Labute approximate surface area is 220 Å². The lowest BCUT2D eigenvalue weighted by Crippen LogP contribution is -2.49. The summed E-state index contributed by atoms with van der Waals surface area (Å²) in [5.41, 5.74) is 1.42. The van der Waals surface area contributed by atoms with E-state index in [1.165, 1.54) is 0 Å². The van der Waals surface area contributed by atoms with Crippen LogP contribution < -0.4 is 15.4 Å². The number of aliphatic hydroxyl groups is 1. The van der Waals surface area contributed by atoms with Crippen molar-refractivity contribution in [2.24, 2.45) is 0 Å². The highest BCUT2D eigenvalue weighted by molar-refractivity contribution is 14.1. The lowest BCUT2D eigenvalue weighted by atomic mass is 10.00. The number of oxazole rings is 1. The number of anilines is 1. The van der Waals surface area contributed by atoms with Gasteiger partial charge in [-0.2, -0.15) is 4.98 Å². The third kappa shape index (κ3) is 9.44. The number of aliphatic hydroxyl groups excluding tert-OH is 1. The van der Waals surface area contributed by atoms with Crippen molar-refractivity contribution >= 4 is 44.5 Å². The number of rotatable bonds is 12. The number of hydrogen-bond donors (Lipinski definition) is 4. The zero-order chi connectivity index (χ0) is 26.3. The van der Waals surface area contributed by atoms with Crippen molar-refractivity contribution in [1.29, 1.82) is 0 Å². The van der Waals surface area contributed by atoms with Crippen molar-refractivity contribution < 1.29 is 31.5 Å². The van der Waals surface area contributed by atoms with Gasteiger partial charge in [0.1, 0.15) is 17.9 Å². The van der Waals surface area contributed by atoms with Gasteiger partial charge in [-0.25, -0.2) is 21.9 Å². The summed E-state index contributed by atoms with van der Waals surface area (Å²) in [7, 11) is -3.60. The number of halogens is 3. The van der Waals surface area contributed by atoms with Gasteiger partial charge in [-0.3, -0.25) is 4.79 Å². The Morgan fingerprint density at radius 2 is 1.89 bits per heavy atom. The first kappa shape index (κ1) is 28.0. The molecule has 13 heteroatoms. The van der Waals surface area contributed by atoms with Crippen LogP contribution in [0.2, 0.25) is 0 Å². The third-order valence-corrected chi connectivity index (χ3v) is 6.14. The van der Waals surface area contributed by atoms with E-state index >= 15 is 0 Å². The molecule has 2 atom stereocenters. The van der Waals surface area contributed by atoms with Gasteiger partial charge in [0.05, 0.1) is 30.5 Å². The molecule has 4 N–H and O–H groups in total. The van der Waals surface area contributed by atoms with E-state index in [-0.39, 0.29) is 36.7 Å². The summed E-state index contributed by atoms with van der Waals surface area (Å²) in [5.74, 6) is -2.09. The van der Waals surface area contributed by atoms with E-state index in [1.54, 1.807) is 0 Å². The van der Waals surface area contributed by atoms with E-state index in [9.17, 15) is 27.1 Å². The molecule has 0 bridgehead atoms. The molecule has 3 rings (SSSR count). The molecule has 1 amide bonds. The van der Waals surface area contributed by atoms with Gasteiger partial charge in [0, 0.05) is 22.7 Å². The van der Waals surface area contributed by atoms with Gasteiger partial charge in [-0.15, -0.1) is 0 Å². The topological polar surface area (TPSA) is 134 Å². The molecule has 0 spiro atoms. The minimum absolute atomic E-state index is 0.0355. The van der Waals surface area contributed by atoms with E-state index in [2.05, 4.69) is 42.9 Å². The second-order valence-corrected chi connectivity index (χ2v) is 11.2. The van der Waals surface area contributed by atoms with Crippen LogP contribution in [0.1, 0.15) is 16.8 Å². The predicted molar refractivity (Wildman–Crippen MR) is 138 cm³/mol. The molecule has 0 fully saturated rings. The van der Waals surface area contributed by atoms with E-state index in [1.807, 2.05) is 24.3 Å². The fourth-order valence-corrected chi connectivity index (χ4v) is 4.45. The van der Waals surface area contributed by atoms with E-state index in [0.717, 1.165) is 39.9 Å². The molecule has 36 heavy (non-hydrogen) atoms. The standard InChI is InChI=1S/C23H25F2IN4O5S/c1-36(33,34)30-23-28-19(13-35-23)10-22(32)29-20(8-15-5-16(24)9-17(25)6-15)21(31)12-27-11-14-3-2-4-18(26)7-14/h2-7,9,13,20-21,27,31H,8,10-12H2,1H3,(H,28,30)(H,29,32)/t20-,21+/m0/s1. The molecular formula is C23H25F2IN4O5S. The van der Waals surface area contributed by atoms with Crippen LogP contribution in [0.3, 0.4) is 0 Å². The highest BCUT2D eigenvalue weighted by Gasteiger charge is 2.23. The van der Waals surface area contributed by atoms with Gasteiger partial charge >= 0.3 is 6.01 Å². The maximum Gasteiger partial charge on any atom is 0.308 e. The SMILES string of the molecule is CS(=O)(=O)Nc1nc(CC(=O)N[C@@H](Cc2cc(F)cc(F)c2)[C@H](O)CNCc2cccc(I)c2)co1. The Hall–Kier alpha value is -2.62. The van der Waals surface area contributed by atoms with Crippen LogP contribution in [0.4, 0.5) is 14.8 Å². The predicted octanol–water partition coefficient (Wildman–Crippen LogP) is 2.35. The third-order valence-electron chi connectivity index (χ3n) is 4.93. The summed E-state index contributed by atoms with van der Waals surface area (Å²) in [6.07, 6.45) is 0.654. The molecule has 0 aliphatic carbocycles. The molecule has 194 valence electrons. The monoisotopic (exact) mass is 634 g/mol. The Bertz CT molecular complexity index is 1280. The molecular weight excluding hydrogens is 609 g/mol. The first-order valence-electron chi connectivity index (χ1n) is 10.8. The molecule has 0 radical (unpaired) electrons. The zero-order valence-electron chi connectivity index (χ0n) is 19.2. The van der Waals surface area contributed by atoms with Gasteiger partial charge in [0.25, 0.3) is 0 Å². The van der Waals surface area contributed by atoms with Crippen molar-refractivity contribution in [2.75, 3.05) is 17.5 Å². The van der Waals surface area contributed by atoms with Crippen LogP contribution in [0.15, 0.2) is 53.1 Å². The summed E-state index contributed by atoms with van der Waals surface area (Å²) in [4.78, 5) is 16.6. The molecule has 1 heterocycles. The Balaban J connectivity index is 1.66. The van der Waals surface area contributed by atoms with E-state index < -0.39 is 39.7 Å². The number of carbonyl (C=O) groups excluding carboxylic acids is 1. The average molecular weight is 634 g/mol. The Morgan fingerprint density at radius 3 is 2.56 bits per heavy atom. The number of nitrogens with zero attached hydrogens (tertiary/aromatic N) is 1. The van der Waals surface area contributed by atoms with Gasteiger partial charge in [0.15, 0.2) is 0 Å². The first-order valence-corrected chi connectivity index (χ1v) is 13.7. The second-order valence-electron chi connectivity index (χ2n) is 8.18. The molecule has 9 nitrogen and oxygen atoms in total. The van der Waals surface area contributed by atoms with Crippen LogP contribution in [-0.4, -0.2) is 49.4 Å². The summed E-state index contributed by atoms with van der Waals surface area (Å²) in [5, 5.41) is 16.6. The van der Waals surface area contributed by atoms with Crippen LogP contribution >= 0.6 is 22.6 Å². The second kappa shape index (κ2) is 12.6. The molecule has 0 unspecified atom stereocenters. The minimum atomic E-state index is -3.60. The Kier molecular flexibility index (Phi) is 9.76. The molecule has 0 saturated heterocycles. The van der Waals surface area contributed by atoms with Crippen molar-refractivity contribution in [2.45, 2.75) is 31.5 Å². The molecule has 1 aromatic heterocycles. The minimum Gasteiger partial charge on any atom is -0.431 e. The lowest BCUT2D eigenvalue weighted by Gasteiger charge is -2.25. The number of nitrogens with one attached hydrogen (secondary N) is 3. The van der Waals surface area contributed by atoms with Crippen molar-refractivity contribution in [3.05, 3.63) is 80.8 Å². The fourth-order valence-electron chi connectivity index (χ4n) is 3.44. The van der Waals surface area contributed by atoms with Crippen molar-refractivity contribution in [1.82, 2.24) is 15.6 Å². The lowest BCUT2D eigenvalue weighted by molar-refractivity contribution is -0.122. The smallest absolute Gasteiger partial charge is 0.308 e. The van der Waals surface area contributed by atoms with Crippen LogP contribution in [0.25, 0.3) is 0 Å². The molecule has 0 aliphatic rings. The van der Waals surface area contributed by atoms with Gasteiger partial charge in [-0.05, 0) is 64.4 Å². The maximum absolute atomic E-state index is 13.7. The van der Waals surface area contributed by atoms with E-state index in [4.69, 9.17) is 4.42 Å². The normalized spacial score (nSPS) is 13.2. The molecule has 2 aromatic carbocycles. The average Bonchev–Trinajstić information content (AvgIpc) is 3.17. The number of sulfonamides is 1.